The Morgan fingerprint density at radius 3 is 2.36 bits per heavy atom. The van der Waals surface area contributed by atoms with Crippen molar-refractivity contribution >= 4 is 22.8 Å². The molecule has 0 rings (SSSR count). The minimum atomic E-state index is -0.659. The van der Waals surface area contributed by atoms with Gasteiger partial charge in [0, 0.05) is 0 Å². The van der Waals surface area contributed by atoms with Gasteiger partial charge in [-0.2, -0.15) is 0 Å². The Kier molecular flexibility index (Phi) is 5.66. The van der Waals surface area contributed by atoms with E-state index in [-0.39, 0.29) is 0 Å². The van der Waals surface area contributed by atoms with Crippen molar-refractivity contribution in [1.29, 1.82) is 0 Å². The maximum absolute atomic E-state index is 10.4. The molecule has 0 saturated carbocycles. The molecule has 0 aliphatic heterocycles. The SMILES string of the molecule is CC(C)CC(C[AsH2])CC(=O)O. The summed E-state index contributed by atoms with van der Waals surface area (Å²) in [6.07, 6.45) is 1.39. The van der Waals surface area contributed by atoms with E-state index in [1.807, 2.05) is 0 Å². The molecule has 0 aromatic carbocycles. The monoisotopic (exact) mass is 220 g/mol. The Morgan fingerprint density at radius 2 is 2.09 bits per heavy atom. The molecule has 0 radical (unpaired) electrons. The average molecular weight is 220 g/mol. The molecular weight excluding hydrogens is 203 g/mol. The Morgan fingerprint density at radius 1 is 1.55 bits per heavy atom. The molecule has 0 aliphatic carbocycles. The quantitative estimate of drug-likeness (QED) is 0.706. The van der Waals surface area contributed by atoms with Gasteiger partial charge in [-0.05, 0) is 0 Å². The van der Waals surface area contributed by atoms with Crippen molar-refractivity contribution in [2.75, 3.05) is 0 Å². The van der Waals surface area contributed by atoms with Crippen LogP contribution in [0, 0.1) is 11.8 Å². The molecule has 0 spiro atoms. The van der Waals surface area contributed by atoms with E-state index in [1.54, 1.807) is 16.9 Å². The summed E-state index contributed by atoms with van der Waals surface area (Å²) in [4.78, 5) is 10.4. The van der Waals surface area contributed by atoms with Crippen LogP contribution in [-0.4, -0.2) is 27.9 Å². The van der Waals surface area contributed by atoms with Crippen LogP contribution in [0.1, 0.15) is 26.7 Å². The van der Waals surface area contributed by atoms with Gasteiger partial charge < -0.3 is 0 Å². The third kappa shape index (κ3) is 6.43. The molecule has 2 nitrogen and oxygen atoms in total. The second kappa shape index (κ2) is 5.65. The molecular formula is C8H17AsO2. The van der Waals surface area contributed by atoms with Gasteiger partial charge in [0.1, 0.15) is 0 Å². The second-order valence-electron chi connectivity index (χ2n) is 3.33. The summed E-state index contributed by atoms with van der Waals surface area (Å²) < 4.78 is 0. The molecule has 0 aromatic rings. The Balaban J connectivity index is 3.66. The number of carbonyl (C=O) groups is 1. The Bertz CT molecular complexity index is 123. The Labute approximate surface area is 76.9 Å². The van der Waals surface area contributed by atoms with E-state index in [4.69, 9.17) is 5.11 Å². The first-order chi connectivity index (χ1) is 5.06. The van der Waals surface area contributed by atoms with Crippen LogP contribution >= 0.6 is 0 Å². The zero-order valence-electron chi connectivity index (χ0n) is 7.21. The second-order valence-corrected chi connectivity index (χ2v) is 4.32. The number of carboxylic acid groups (broad SMARTS) is 1. The summed E-state index contributed by atoms with van der Waals surface area (Å²) in [6, 6.07) is 0. The molecule has 0 fully saturated rings. The summed E-state index contributed by atoms with van der Waals surface area (Å²) >= 11 is 1.63. The van der Waals surface area contributed by atoms with Crippen LogP contribution in [-0.2, 0) is 4.79 Å². The number of aliphatic carboxylic acids is 1. The Hall–Kier alpha value is 0.0284. The van der Waals surface area contributed by atoms with Crippen molar-refractivity contribution in [3.63, 3.8) is 0 Å². The summed E-state index contributed by atoms with van der Waals surface area (Å²) in [7, 11) is 0. The van der Waals surface area contributed by atoms with Gasteiger partial charge in [-0.1, -0.05) is 0 Å². The van der Waals surface area contributed by atoms with E-state index in [1.165, 1.54) is 0 Å². The minimum absolute atomic E-state index is 0.344. The zero-order chi connectivity index (χ0) is 8.85. The first-order valence-corrected chi connectivity index (χ1v) is 5.69. The van der Waals surface area contributed by atoms with Crippen LogP contribution in [0.5, 0.6) is 0 Å². The predicted molar refractivity (Wildman–Crippen MR) is 48.5 cm³/mol. The van der Waals surface area contributed by atoms with Crippen LogP contribution in [0.15, 0.2) is 0 Å². The number of hydrogen-bond donors (Lipinski definition) is 1. The molecule has 2 unspecified atom stereocenters. The van der Waals surface area contributed by atoms with Crippen LogP contribution in [0.25, 0.3) is 0 Å². The van der Waals surface area contributed by atoms with Crippen molar-refractivity contribution in [3.8, 4) is 0 Å². The fourth-order valence-corrected chi connectivity index (χ4v) is 1.93. The standard InChI is InChI=1S/C8H17AsO2/c1-6(2)3-7(5-9)4-8(10)11/h6-7H,3-5,9H2,1-2H3,(H,10,11). The first kappa shape index (κ1) is 11.0. The number of carboxylic acids is 1. The van der Waals surface area contributed by atoms with Gasteiger partial charge in [-0.3, -0.25) is 0 Å². The molecule has 0 bridgehead atoms. The molecule has 1 N–H and O–H groups in total. The summed E-state index contributed by atoms with van der Waals surface area (Å²) in [5.74, 6) is 0.357. The molecule has 2 atom stereocenters. The van der Waals surface area contributed by atoms with Crippen molar-refractivity contribution in [2.24, 2.45) is 11.8 Å². The van der Waals surface area contributed by atoms with E-state index in [2.05, 4.69) is 13.8 Å². The zero-order valence-corrected chi connectivity index (χ0v) is 9.63. The average Bonchev–Trinajstić information content (AvgIpc) is 1.84. The van der Waals surface area contributed by atoms with Gasteiger partial charge in [0.05, 0.1) is 0 Å². The van der Waals surface area contributed by atoms with E-state index in [9.17, 15) is 4.79 Å². The molecule has 3 heteroatoms. The van der Waals surface area contributed by atoms with Gasteiger partial charge >= 0.3 is 76.5 Å². The van der Waals surface area contributed by atoms with Crippen molar-refractivity contribution in [2.45, 2.75) is 31.9 Å². The van der Waals surface area contributed by atoms with E-state index in [0.29, 0.717) is 18.3 Å². The van der Waals surface area contributed by atoms with Crippen molar-refractivity contribution in [3.05, 3.63) is 0 Å². The maximum atomic E-state index is 10.4. The molecule has 0 amide bonds. The van der Waals surface area contributed by atoms with Crippen LogP contribution in [0.3, 0.4) is 0 Å². The van der Waals surface area contributed by atoms with Gasteiger partial charge in [0.25, 0.3) is 0 Å². The summed E-state index contributed by atoms with van der Waals surface area (Å²) in [6.45, 7) is 4.27. The van der Waals surface area contributed by atoms with Crippen LogP contribution < -0.4 is 0 Å². The predicted octanol–water partition coefficient (Wildman–Crippen LogP) is 1.17. The summed E-state index contributed by atoms with van der Waals surface area (Å²) in [5.41, 5.74) is 0. The molecule has 0 heterocycles. The molecule has 0 saturated heterocycles. The third-order valence-electron chi connectivity index (χ3n) is 1.60. The van der Waals surface area contributed by atoms with Crippen molar-refractivity contribution in [1.82, 2.24) is 0 Å². The molecule has 11 heavy (non-hydrogen) atoms. The molecule has 0 aromatic heterocycles. The van der Waals surface area contributed by atoms with Crippen LogP contribution in [0.2, 0.25) is 5.21 Å². The van der Waals surface area contributed by atoms with Gasteiger partial charge in [-0.25, -0.2) is 0 Å². The van der Waals surface area contributed by atoms with Gasteiger partial charge in [0.2, 0.25) is 0 Å². The van der Waals surface area contributed by atoms with Gasteiger partial charge in [0.15, 0.2) is 0 Å². The topological polar surface area (TPSA) is 37.3 Å². The van der Waals surface area contributed by atoms with E-state index in [0.717, 1.165) is 11.6 Å². The molecule has 0 aliphatic rings. The first-order valence-electron chi connectivity index (χ1n) is 3.98. The molecule has 66 valence electrons. The van der Waals surface area contributed by atoms with Gasteiger partial charge in [-0.15, -0.1) is 0 Å². The fourth-order valence-electron chi connectivity index (χ4n) is 1.18. The number of hydrogen-bond acceptors (Lipinski definition) is 1. The van der Waals surface area contributed by atoms with Crippen molar-refractivity contribution < 1.29 is 9.90 Å². The van der Waals surface area contributed by atoms with E-state index < -0.39 is 5.97 Å². The summed E-state index contributed by atoms with van der Waals surface area (Å²) in [5, 5.41) is 9.57. The number of rotatable bonds is 5. The third-order valence-corrected chi connectivity index (χ3v) is 3.00. The normalized spacial score (nSPS) is 13.5. The van der Waals surface area contributed by atoms with Crippen LogP contribution in [0.4, 0.5) is 0 Å². The van der Waals surface area contributed by atoms with E-state index >= 15 is 0 Å². The fraction of sp³-hybridized carbons (Fsp3) is 0.875.